The first-order valence-electron chi connectivity index (χ1n) is 8.99. The number of hydrogen-bond donors (Lipinski definition) is 2. The molecule has 0 aliphatic rings. The van der Waals surface area contributed by atoms with Crippen molar-refractivity contribution >= 4 is 15.7 Å². The number of nitrogens with one attached hydrogen (secondary N) is 2. The standard InChI is InChI=1S/C19H19N7O3S/c1-12-13(2)24-26(14(12)3)17-8-9-18(23-22-17)29-16-6-4-15(5-7-16)25-30(27,28)19-10-20-11-21-19/h4-11,25H,1-3H3,(H,20,21). The molecule has 30 heavy (non-hydrogen) atoms. The van der Waals surface area contributed by atoms with Gasteiger partial charge in [0.2, 0.25) is 5.88 Å². The summed E-state index contributed by atoms with van der Waals surface area (Å²) in [5.41, 5.74) is 3.44. The highest BCUT2D eigenvalue weighted by Crippen LogP contribution is 2.23. The average Bonchev–Trinajstić information content (AvgIpc) is 3.36. The van der Waals surface area contributed by atoms with Crippen molar-refractivity contribution in [3.63, 3.8) is 0 Å². The molecule has 3 heterocycles. The lowest BCUT2D eigenvalue weighted by molar-refractivity contribution is 0.454. The first kappa shape index (κ1) is 19.6. The van der Waals surface area contributed by atoms with Crippen LogP contribution in [0.1, 0.15) is 17.0 Å². The summed E-state index contributed by atoms with van der Waals surface area (Å²) >= 11 is 0. The van der Waals surface area contributed by atoms with Gasteiger partial charge in [0.25, 0.3) is 10.0 Å². The number of hydrogen-bond acceptors (Lipinski definition) is 7. The SMILES string of the molecule is Cc1nn(-c2ccc(Oc3ccc(NS(=O)(=O)c4cnc[nH]4)cc3)nn2)c(C)c1C. The average molecular weight is 425 g/mol. The highest BCUT2D eigenvalue weighted by Gasteiger charge is 2.15. The molecule has 4 aromatic rings. The van der Waals surface area contributed by atoms with Crippen LogP contribution in [0.15, 0.2) is 53.9 Å². The predicted molar refractivity (Wildman–Crippen MR) is 109 cm³/mol. The number of nitrogens with zero attached hydrogens (tertiary/aromatic N) is 5. The van der Waals surface area contributed by atoms with E-state index in [1.807, 2.05) is 20.8 Å². The maximum absolute atomic E-state index is 12.2. The summed E-state index contributed by atoms with van der Waals surface area (Å²) in [6, 6.07) is 9.90. The van der Waals surface area contributed by atoms with Crippen molar-refractivity contribution in [2.24, 2.45) is 0 Å². The fraction of sp³-hybridized carbons (Fsp3) is 0.158. The highest BCUT2D eigenvalue weighted by molar-refractivity contribution is 7.92. The van der Waals surface area contributed by atoms with Crippen LogP contribution in [0, 0.1) is 20.8 Å². The van der Waals surface area contributed by atoms with Gasteiger partial charge in [0.15, 0.2) is 10.8 Å². The lowest BCUT2D eigenvalue weighted by Gasteiger charge is -2.08. The minimum atomic E-state index is -3.72. The molecule has 0 saturated heterocycles. The highest BCUT2D eigenvalue weighted by atomic mass is 32.2. The van der Waals surface area contributed by atoms with E-state index in [1.165, 1.54) is 12.5 Å². The summed E-state index contributed by atoms with van der Waals surface area (Å²) < 4.78 is 34.3. The zero-order chi connectivity index (χ0) is 21.3. The van der Waals surface area contributed by atoms with Crippen molar-refractivity contribution < 1.29 is 13.2 Å². The third-order valence-electron chi connectivity index (χ3n) is 4.59. The summed E-state index contributed by atoms with van der Waals surface area (Å²) in [5, 5.41) is 12.7. The first-order valence-corrected chi connectivity index (χ1v) is 10.5. The molecule has 0 aliphatic carbocycles. The van der Waals surface area contributed by atoms with E-state index in [0.29, 0.717) is 23.1 Å². The Morgan fingerprint density at radius 1 is 1.03 bits per heavy atom. The van der Waals surface area contributed by atoms with E-state index < -0.39 is 10.0 Å². The van der Waals surface area contributed by atoms with Gasteiger partial charge in [-0.3, -0.25) is 4.72 Å². The molecule has 0 atom stereocenters. The number of imidazole rings is 1. The van der Waals surface area contributed by atoms with Gasteiger partial charge in [0.05, 0.1) is 18.2 Å². The zero-order valence-electron chi connectivity index (χ0n) is 16.5. The van der Waals surface area contributed by atoms with Gasteiger partial charge < -0.3 is 9.72 Å². The van der Waals surface area contributed by atoms with Crippen LogP contribution in [0.2, 0.25) is 0 Å². The number of sulfonamides is 1. The van der Waals surface area contributed by atoms with Gasteiger partial charge >= 0.3 is 0 Å². The second-order valence-corrected chi connectivity index (χ2v) is 8.24. The van der Waals surface area contributed by atoms with Gasteiger partial charge in [0, 0.05) is 17.4 Å². The van der Waals surface area contributed by atoms with Crippen LogP contribution in [0.3, 0.4) is 0 Å². The Balaban J connectivity index is 1.45. The lowest BCUT2D eigenvalue weighted by Crippen LogP contribution is -2.13. The fourth-order valence-electron chi connectivity index (χ4n) is 2.74. The van der Waals surface area contributed by atoms with E-state index in [-0.39, 0.29) is 5.03 Å². The van der Waals surface area contributed by atoms with E-state index >= 15 is 0 Å². The second kappa shape index (κ2) is 7.59. The predicted octanol–water partition coefficient (Wildman–Crippen LogP) is 2.90. The minimum absolute atomic E-state index is 0.0176. The molecule has 1 aromatic carbocycles. The number of aryl methyl sites for hydroxylation is 1. The molecule has 0 saturated carbocycles. The Kier molecular flexibility index (Phi) is 4.96. The summed E-state index contributed by atoms with van der Waals surface area (Å²) in [4.78, 5) is 6.27. The maximum atomic E-state index is 12.2. The third-order valence-corrected chi connectivity index (χ3v) is 5.89. The van der Waals surface area contributed by atoms with Crippen LogP contribution < -0.4 is 9.46 Å². The Morgan fingerprint density at radius 2 is 1.80 bits per heavy atom. The van der Waals surface area contributed by atoms with Crippen LogP contribution >= 0.6 is 0 Å². The Labute approximate surface area is 173 Å². The summed E-state index contributed by atoms with van der Waals surface area (Å²) in [7, 11) is -3.72. The normalized spacial score (nSPS) is 11.4. The van der Waals surface area contributed by atoms with Crippen LogP contribution in [0.25, 0.3) is 5.82 Å². The molecule has 11 heteroatoms. The number of benzene rings is 1. The van der Waals surface area contributed by atoms with Crippen molar-refractivity contribution in [1.29, 1.82) is 0 Å². The Hall–Kier alpha value is -3.73. The molecule has 2 N–H and O–H groups in total. The molecule has 0 radical (unpaired) electrons. The first-order chi connectivity index (χ1) is 14.3. The van der Waals surface area contributed by atoms with Gasteiger partial charge in [-0.1, -0.05) is 0 Å². The number of aromatic amines is 1. The van der Waals surface area contributed by atoms with Crippen LogP contribution in [0.5, 0.6) is 11.6 Å². The summed E-state index contributed by atoms with van der Waals surface area (Å²) in [6.45, 7) is 5.93. The smallest absolute Gasteiger partial charge is 0.278 e. The van der Waals surface area contributed by atoms with Gasteiger partial charge in [-0.15, -0.1) is 10.2 Å². The quantitative estimate of drug-likeness (QED) is 0.486. The van der Waals surface area contributed by atoms with Crippen LogP contribution in [0.4, 0.5) is 5.69 Å². The van der Waals surface area contributed by atoms with E-state index in [1.54, 1.807) is 41.1 Å². The number of aromatic nitrogens is 6. The fourth-order valence-corrected chi connectivity index (χ4v) is 3.70. The van der Waals surface area contributed by atoms with Crippen molar-refractivity contribution in [3.05, 3.63) is 65.9 Å². The van der Waals surface area contributed by atoms with Crippen molar-refractivity contribution in [3.8, 4) is 17.4 Å². The molecular formula is C19H19N7O3S. The van der Waals surface area contributed by atoms with E-state index in [4.69, 9.17) is 4.74 Å². The largest absolute Gasteiger partial charge is 0.438 e. The Morgan fingerprint density at radius 3 is 2.37 bits per heavy atom. The van der Waals surface area contributed by atoms with Crippen LogP contribution in [-0.4, -0.2) is 38.4 Å². The molecule has 154 valence electrons. The van der Waals surface area contributed by atoms with Crippen LogP contribution in [-0.2, 0) is 10.0 Å². The third kappa shape index (κ3) is 3.87. The van der Waals surface area contributed by atoms with Gasteiger partial charge in [0.1, 0.15) is 5.75 Å². The molecule has 0 spiro atoms. The van der Waals surface area contributed by atoms with E-state index in [2.05, 4.69) is 30.0 Å². The summed E-state index contributed by atoms with van der Waals surface area (Å²) in [6.07, 6.45) is 2.53. The zero-order valence-corrected chi connectivity index (χ0v) is 17.3. The maximum Gasteiger partial charge on any atom is 0.278 e. The van der Waals surface area contributed by atoms with Crippen molar-refractivity contribution in [2.75, 3.05) is 4.72 Å². The molecule has 4 rings (SSSR count). The molecule has 0 fully saturated rings. The van der Waals surface area contributed by atoms with Crippen molar-refractivity contribution in [1.82, 2.24) is 29.9 Å². The molecular weight excluding hydrogens is 406 g/mol. The van der Waals surface area contributed by atoms with E-state index in [9.17, 15) is 8.42 Å². The monoisotopic (exact) mass is 425 g/mol. The van der Waals surface area contributed by atoms with Gasteiger partial charge in [-0.2, -0.15) is 13.5 Å². The van der Waals surface area contributed by atoms with Crippen molar-refractivity contribution in [2.45, 2.75) is 25.8 Å². The lowest BCUT2D eigenvalue weighted by atomic mass is 10.2. The Bertz CT molecular complexity index is 1260. The number of ether oxygens (including phenoxy) is 1. The van der Waals surface area contributed by atoms with E-state index in [0.717, 1.165) is 17.0 Å². The molecule has 0 unspecified atom stereocenters. The second-order valence-electron chi connectivity index (χ2n) is 6.59. The molecule has 0 amide bonds. The molecule has 0 aliphatic heterocycles. The minimum Gasteiger partial charge on any atom is -0.438 e. The molecule has 0 bridgehead atoms. The molecule has 3 aromatic heterocycles. The number of anilines is 1. The van der Waals surface area contributed by atoms with Gasteiger partial charge in [-0.25, -0.2) is 9.67 Å². The topological polar surface area (TPSA) is 128 Å². The molecule has 10 nitrogen and oxygen atoms in total. The number of H-pyrrole nitrogens is 1. The summed E-state index contributed by atoms with van der Waals surface area (Å²) in [5.74, 6) is 1.39. The number of rotatable bonds is 6. The van der Waals surface area contributed by atoms with Gasteiger partial charge in [-0.05, 0) is 56.7 Å².